The summed E-state index contributed by atoms with van der Waals surface area (Å²) in [6.45, 7) is 9.48. The largest absolute Gasteiger partial charge is 0.448 e. The number of hydrogen-bond donors (Lipinski definition) is 0. The Kier molecular flexibility index (Phi) is 3.66. The molecule has 0 saturated carbocycles. The zero-order valence-electron chi connectivity index (χ0n) is 12.1. The predicted molar refractivity (Wildman–Crippen MR) is 77.3 cm³/mol. The fraction of sp³-hybridized carbons (Fsp3) is 0.375. The summed E-state index contributed by atoms with van der Waals surface area (Å²) in [6, 6.07) is 9.40. The number of hydrogen-bond acceptors (Lipinski definition) is 3. The first-order chi connectivity index (χ1) is 9.33. The summed E-state index contributed by atoms with van der Waals surface area (Å²) < 4.78 is 5.32. The number of amides is 1. The molecule has 1 aromatic rings. The fourth-order valence-electron chi connectivity index (χ4n) is 2.29. The van der Waals surface area contributed by atoms with Crippen molar-refractivity contribution in [2.24, 2.45) is 5.41 Å². The van der Waals surface area contributed by atoms with Gasteiger partial charge in [0.05, 0.1) is 0 Å². The van der Waals surface area contributed by atoms with Crippen molar-refractivity contribution < 1.29 is 14.3 Å². The van der Waals surface area contributed by atoms with Gasteiger partial charge in [-0.3, -0.25) is 4.79 Å². The van der Waals surface area contributed by atoms with Crippen LogP contribution in [-0.4, -0.2) is 24.5 Å². The molecule has 1 fully saturated rings. The minimum Gasteiger partial charge on any atom is -0.448 e. The highest BCUT2D eigenvalue weighted by Crippen LogP contribution is 2.36. The van der Waals surface area contributed by atoms with Gasteiger partial charge in [-0.2, -0.15) is 0 Å². The van der Waals surface area contributed by atoms with Gasteiger partial charge >= 0.3 is 5.97 Å². The molecule has 1 aromatic carbocycles. The summed E-state index contributed by atoms with van der Waals surface area (Å²) >= 11 is 0. The van der Waals surface area contributed by atoms with Gasteiger partial charge in [0.25, 0.3) is 5.91 Å². The van der Waals surface area contributed by atoms with Crippen molar-refractivity contribution >= 4 is 17.6 Å². The Labute approximate surface area is 119 Å². The third kappa shape index (κ3) is 2.59. The van der Waals surface area contributed by atoms with Gasteiger partial charge in [0.1, 0.15) is 0 Å². The Bertz CT molecular complexity index is 548. The van der Waals surface area contributed by atoms with Gasteiger partial charge < -0.3 is 9.64 Å². The lowest BCUT2D eigenvalue weighted by atomic mass is 9.89. The van der Waals surface area contributed by atoms with Crippen LogP contribution in [0.4, 0.5) is 5.69 Å². The minimum absolute atomic E-state index is 0.184. The lowest BCUT2D eigenvalue weighted by Gasteiger charge is -2.23. The average molecular weight is 273 g/mol. The van der Waals surface area contributed by atoms with E-state index >= 15 is 0 Å². The Morgan fingerprint density at radius 3 is 2.50 bits per heavy atom. The van der Waals surface area contributed by atoms with Gasteiger partial charge in [0.15, 0.2) is 6.10 Å². The summed E-state index contributed by atoms with van der Waals surface area (Å²) in [4.78, 5) is 25.8. The van der Waals surface area contributed by atoms with Crippen molar-refractivity contribution in [1.29, 1.82) is 0 Å². The van der Waals surface area contributed by atoms with Gasteiger partial charge in [-0.25, -0.2) is 4.79 Å². The lowest BCUT2D eigenvalue weighted by Crippen LogP contribution is -2.36. The molecular weight excluding hydrogens is 254 g/mol. The normalized spacial score (nSPS) is 20.9. The van der Waals surface area contributed by atoms with Crippen LogP contribution in [0, 0.1) is 5.41 Å². The van der Waals surface area contributed by atoms with Gasteiger partial charge in [-0.15, -0.1) is 0 Å². The first kappa shape index (κ1) is 14.3. The van der Waals surface area contributed by atoms with E-state index in [9.17, 15) is 9.59 Å². The number of benzene rings is 1. The molecule has 2 rings (SSSR count). The molecule has 0 radical (unpaired) electrons. The van der Waals surface area contributed by atoms with Gasteiger partial charge in [0, 0.05) is 23.2 Å². The van der Waals surface area contributed by atoms with Crippen LogP contribution in [0.1, 0.15) is 20.8 Å². The van der Waals surface area contributed by atoms with Crippen molar-refractivity contribution in [2.75, 3.05) is 11.4 Å². The van der Waals surface area contributed by atoms with E-state index in [-0.39, 0.29) is 5.91 Å². The first-order valence-electron chi connectivity index (χ1n) is 6.56. The number of para-hydroxylation sites is 1. The Morgan fingerprint density at radius 1 is 1.35 bits per heavy atom. The highest BCUT2D eigenvalue weighted by molar-refractivity contribution is 6.01. The second-order valence-corrected chi connectivity index (χ2v) is 5.81. The standard InChI is InChI=1S/C16H19NO3/c1-11(2)15(19)20-13-14(18)17(10-16(13,3)4)12-8-6-5-7-9-12/h5-9,13H,1,10H2,2-4H3/t13-/m0/s1. The Hall–Kier alpha value is -2.10. The molecule has 0 aromatic heterocycles. The van der Waals surface area contributed by atoms with Crippen LogP contribution in [0.15, 0.2) is 42.5 Å². The molecule has 20 heavy (non-hydrogen) atoms. The zero-order chi connectivity index (χ0) is 14.9. The van der Waals surface area contributed by atoms with E-state index in [0.29, 0.717) is 12.1 Å². The maximum atomic E-state index is 12.5. The topological polar surface area (TPSA) is 46.6 Å². The van der Waals surface area contributed by atoms with Crippen LogP contribution >= 0.6 is 0 Å². The van der Waals surface area contributed by atoms with Crippen molar-refractivity contribution in [3.8, 4) is 0 Å². The lowest BCUT2D eigenvalue weighted by molar-refractivity contribution is -0.154. The van der Waals surface area contributed by atoms with Crippen LogP contribution in [0.25, 0.3) is 0 Å². The highest BCUT2D eigenvalue weighted by atomic mass is 16.6. The van der Waals surface area contributed by atoms with Gasteiger partial charge in [-0.05, 0) is 19.1 Å². The van der Waals surface area contributed by atoms with Crippen molar-refractivity contribution in [3.63, 3.8) is 0 Å². The van der Waals surface area contributed by atoms with E-state index in [1.165, 1.54) is 0 Å². The number of carbonyl (C=O) groups excluding carboxylic acids is 2. The molecule has 0 N–H and O–H groups in total. The summed E-state index contributed by atoms with van der Waals surface area (Å²) in [5.41, 5.74) is 0.684. The second kappa shape index (κ2) is 5.12. The third-order valence-electron chi connectivity index (χ3n) is 3.41. The van der Waals surface area contributed by atoms with E-state index in [0.717, 1.165) is 5.69 Å². The molecule has 0 bridgehead atoms. The summed E-state index contributed by atoms with van der Waals surface area (Å²) in [6.07, 6.45) is -0.771. The number of anilines is 1. The predicted octanol–water partition coefficient (Wildman–Crippen LogP) is 2.55. The second-order valence-electron chi connectivity index (χ2n) is 5.81. The molecule has 0 unspecified atom stereocenters. The molecule has 1 heterocycles. The minimum atomic E-state index is -0.771. The van der Waals surface area contributed by atoms with Gasteiger partial charge in [0.2, 0.25) is 0 Å². The Morgan fingerprint density at radius 2 is 1.95 bits per heavy atom. The molecule has 0 spiro atoms. The molecule has 106 valence electrons. The number of nitrogens with zero attached hydrogens (tertiary/aromatic N) is 1. The maximum absolute atomic E-state index is 12.5. The molecule has 4 heteroatoms. The monoisotopic (exact) mass is 273 g/mol. The third-order valence-corrected chi connectivity index (χ3v) is 3.41. The summed E-state index contributed by atoms with van der Waals surface area (Å²) in [7, 11) is 0. The van der Waals surface area contributed by atoms with Crippen LogP contribution in [0.5, 0.6) is 0 Å². The van der Waals surface area contributed by atoms with Crippen molar-refractivity contribution in [2.45, 2.75) is 26.9 Å². The summed E-state index contributed by atoms with van der Waals surface area (Å²) in [5.74, 6) is -0.706. The fourth-order valence-corrected chi connectivity index (χ4v) is 2.29. The number of ether oxygens (including phenoxy) is 1. The molecular formula is C16H19NO3. The van der Waals surface area contributed by atoms with Crippen LogP contribution in [0.3, 0.4) is 0 Å². The van der Waals surface area contributed by atoms with E-state index in [2.05, 4.69) is 6.58 Å². The Balaban J connectivity index is 2.25. The average Bonchev–Trinajstić information content (AvgIpc) is 2.63. The molecule has 1 amide bonds. The van der Waals surface area contributed by atoms with E-state index < -0.39 is 17.5 Å². The van der Waals surface area contributed by atoms with Crippen LogP contribution in [0.2, 0.25) is 0 Å². The van der Waals surface area contributed by atoms with E-state index in [4.69, 9.17) is 4.74 Å². The molecule has 4 nitrogen and oxygen atoms in total. The molecule has 1 aliphatic rings. The van der Waals surface area contributed by atoms with E-state index in [1.54, 1.807) is 11.8 Å². The molecule has 1 atom stereocenters. The number of carbonyl (C=O) groups is 2. The number of rotatable bonds is 3. The first-order valence-corrected chi connectivity index (χ1v) is 6.56. The molecule has 1 saturated heterocycles. The zero-order valence-corrected chi connectivity index (χ0v) is 12.1. The SMILES string of the molecule is C=C(C)C(=O)O[C@H]1C(=O)N(c2ccccc2)CC1(C)C. The van der Waals surface area contributed by atoms with Gasteiger partial charge in [-0.1, -0.05) is 38.6 Å². The van der Waals surface area contributed by atoms with Crippen LogP contribution < -0.4 is 4.90 Å². The highest BCUT2D eigenvalue weighted by Gasteiger charge is 2.49. The smallest absolute Gasteiger partial charge is 0.333 e. The van der Waals surface area contributed by atoms with E-state index in [1.807, 2.05) is 44.2 Å². The van der Waals surface area contributed by atoms with Crippen molar-refractivity contribution in [3.05, 3.63) is 42.5 Å². The molecule has 0 aliphatic carbocycles. The van der Waals surface area contributed by atoms with Crippen molar-refractivity contribution in [1.82, 2.24) is 0 Å². The van der Waals surface area contributed by atoms with Crippen LogP contribution in [-0.2, 0) is 14.3 Å². The summed E-state index contributed by atoms with van der Waals surface area (Å²) in [5, 5.41) is 0. The quantitative estimate of drug-likeness (QED) is 0.628. The maximum Gasteiger partial charge on any atom is 0.333 e. The number of esters is 1. The molecule has 1 aliphatic heterocycles.